The normalized spacial score (nSPS) is 14.6. The van der Waals surface area contributed by atoms with E-state index in [1.807, 2.05) is 18.2 Å². The van der Waals surface area contributed by atoms with Gasteiger partial charge in [0, 0.05) is 15.8 Å². The smallest absolute Gasteiger partial charge is 0.322 e. The molecule has 22 heavy (non-hydrogen) atoms. The van der Waals surface area contributed by atoms with Gasteiger partial charge in [-0.25, -0.2) is 4.98 Å². The van der Waals surface area contributed by atoms with Gasteiger partial charge in [0.25, 0.3) is 5.91 Å². The fraction of sp³-hybridized carbons (Fsp3) is 0.0714. The Morgan fingerprint density at radius 1 is 1.32 bits per heavy atom. The molecule has 0 saturated carbocycles. The van der Waals surface area contributed by atoms with Gasteiger partial charge in [0.15, 0.2) is 11.4 Å². The predicted octanol–water partition coefficient (Wildman–Crippen LogP) is 2.22. The number of amides is 1. The van der Waals surface area contributed by atoms with Crippen LogP contribution in [0.4, 0.5) is 0 Å². The van der Waals surface area contributed by atoms with Crippen LogP contribution in [0.1, 0.15) is 10.5 Å². The number of allylic oxidation sites excluding steroid dienone is 2. The molecule has 6 nitrogen and oxygen atoms in total. The molecule has 114 valence electrons. The lowest BCUT2D eigenvalue weighted by atomic mass is 10.2. The number of carbonyl (C=O) groups excluding carboxylic acids is 1. The zero-order chi connectivity index (χ0) is 15.7. The van der Waals surface area contributed by atoms with E-state index in [0.717, 1.165) is 8.91 Å². The molecule has 0 fully saturated rings. The Kier molecular flexibility index (Phi) is 3.86. The second-order valence-electron chi connectivity index (χ2n) is 4.48. The molecule has 1 aliphatic rings. The predicted molar refractivity (Wildman–Crippen MR) is 86.8 cm³/mol. The molecular weight excluding hydrogens is 324 g/mol. The summed E-state index contributed by atoms with van der Waals surface area (Å²) in [7, 11) is -0.499. The van der Waals surface area contributed by atoms with Gasteiger partial charge < -0.3 is 15.5 Å². The van der Waals surface area contributed by atoms with E-state index in [0.29, 0.717) is 5.39 Å². The minimum absolute atomic E-state index is 0.164. The molecule has 0 saturated heterocycles. The Hall–Kier alpha value is -2.32. The number of nitrogens with zero attached hydrogens (tertiary/aromatic N) is 1. The summed E-state index contributed by atoms with van der Waals surface area (Å²) < 4.78 is 1.90. The van der Waals surface area contributed by atoms with Crippen LogP contribution in [0.2, 0.25) is 0 Å². The average Bonchev–Trinajstić information content (AvgIpc) is 3.13. The standard InChI is InChI=1S/C14H12N2O4S2/c17-10(18)7-16-14(20)12-13(19)8-5-11(21-9(8)6-15-12)22-3-1-2-4-22/h1-6,19,22H,7H2,(H,16,20)(H,17,18). The molecule has 3 rings (SSSR count). The molecule has 2 aromatic heterocycles. The van der Waals surface area contributed by atoms with Crippen molar-refractivity contribution in [2.75, 3.05) is 6.54 Å². The summed E-state index contributed by atoms with van der Waals surface area (Å²) in [4.78, 5) is 26.3. The highest BCUT2D eigenvalue weighted by molar-refractivity contribution is 8.23. The van der Waals surface area contributed by atoms with Crippen LogP contribution < -0.4 is 5.32 Å². The Balaban J connectivity index is 1.95. The number of aliphatic carboxylic acids is 1. The third kappa shape index (κ3) is 2.70. The molecule has 0 spiro atoms. The number of pyridine rings is 1. The van der Waals surface area contributed by atoms with Crippen molar-refractivity contribution in [3.8, 4) is 5.75 Å². The minimum atomic E-state index is -1.16. The van der Waals surface area contributed by atoms with Gasteiger partial charge in [0.1, 0.15) is 6.54 Å². The number of carboxylic acid groups (broad SMARTS) is 1. The third-order valence-corrected chi connectivity index (χ3v) is 6.42. The largest absolute Gasteiger partial charge is 0.505 e. The first kappa shape index (κ1) is 14.6. The van der Waals surface area contributed by atoms with Crippen LogP contribution in [0.15, 0.2) is 39.4 Å². The van der Waals surface area contributed by atoms with Crippen molar-refractivity contribution in [1.29, 1.82) is 0 Å². The van der Waals surface area contributed by atoms with Crippen molar-refractivity contribution in [3.05, 3.63) is 40.9 Å². The number of thiophene rings is 1. The fourth-order valence-electron chi connectivity index (χ4n) is 2.00. The van der Waals surface area contributed by atoms with Crippen LogP contribution in [0, 0.1) is 0 Å². The summed E-state index contributed by atoms with van der Waals surface area (Å²) in [6.45, 7) is -0.520. The number of fused-ring (bicyclic) bond motifs is 1. The van der Waals surface area contributed by atoms with Crippen molar-refractivity contribution < 1.29 is 19.8 Å². The van der Waals surface area contributed by atoms with Crippen molar-refractivity contribution >= 4 is 44.2 Å². The van der Waals surface area contributed by atoms with E-state index < -0.39 is 29.3 Å². The number of hydrogen-bond donors (Lipinski definition) is 4. The summed E-state index contributed by atoms with van der Waals surface area (Å²) in [5, 5.41) is 25.8. The maximum atomic E-state index is 11.9. The van der Waals surface area contributed by atoms with E-state index in [9.17, 15) is 14.7 Å². The van der Waals surface area contributed by atoms with Crippen LogP contribution in [0.3, 0.4) is 0 Å². The van der Waals surface area contributed by atoms with Gasteiger partial charge >= 0.3 is 5.97 Å². The van der Waals surface area contributed by atoms with Crippen molar-refractivity contribution in [2.45, 2.75) is 4.21 Å². The molecule has 0 atom stereocenters. The molecule has 2 aromatic rings. The highest BCUT2D eigenvalue weighted by atomic mass is 32.2. The van der Waals surface area contributed by atoms with Crippen LogP contribution in [0.25, 0.3) is 10.1 Å². The number of thiol groups is 1. The number of carbonyl (C=O) groups is 2. The summed E-state index contributed by atoms with van der Waals surface area (Å²) in [5.74, 6) is -2.08. The second kappa shape index (κ2) is 5.82. The first-order chi connectivity index (χ1) is 10.6. The maximum Gasteiger partial charge on any atom is 0.322 e. The van der Waals surface area contributed by atoms with E-state index >= 15 is 0 Å². The summed E-state index contributed by atoms with van der Waals surface area (Å²) >= 11 is 1.53. The number of nitrogens with one attached hydrogen (secondary N) is 1. The van der Waals surface area contributed by atoms with Gasteiger partial charge in [-0.15, -0.1) is 11.3 Å². The first-order valence-electron chi connectivity index (χ1n) is 6.31. The van der Waals surface area contributed by atoms with E-state index in [4.69, 9.17) is 5.11 Å². The number of aromatic hydroxyl groups is 1. The van der Waals surface area contributed by atoms with Crippen molar-refractivity contribution in [2.24, 2.45) is 0 Å². The van der Waals surface area contributed by atoms with Gasteiger partial charge in [0.05, 0.1) is 4.70 Å². The van der Waals surface area contributed by atoms with Gasteiger partial charge in [-0.3, -0.25) is 9.59 Å². The van der Waals surface area contributed by atoms with Gasteiger partial charge in [-0.2, -0.15) is 10.9 Å². The maximum absolute atomic E-state index is 11.9. The number of aromatic nitrogens is 1. The van der Waals surface area contributed by atoms with Crippen molar-refractivity contribution in [1.82, 2.24) is 10.3 Å². The molecule has 8 heteroatoms. The quantitative estimate of drug-likeness (QED) is 0.642. The van der Waals surface area contributed by atoms with E-state index in [2.05, 4.69) is 21.1 Å². The number of carboxylic acids is 1. The fourth-order valence-corrected chi connectivity index (χ4v) is 5.09. The lowest BCUT2D eigenvalue weighted by Gasteiger charge is -2.05. The Bertz CT molecular complexity index is 814. The summed E-state index contributed by atoms with van der Waals surface area (Å²) in [6.07, 6.45) is 5.50. The van der Waals surface area contributed by atoms with E-state index in [1.54, 1.807) is 0 Å². The zero-order valence-corrected chi connectivity index (χ0v) is 12.9. The van der Waals surface area contributed by atoms with Crippen LogP contribution in [-0.4, -0.2) is 33.6 Å². The molecule has 0 unspecified atom stereocenters. The lowest BCUT2D eigenvalue weighted by molar-refractivity contribution is -0.135. The van der Waals surface area contributed by atoms with E-state index in [-0.39, 0.29) is 11.4 Å². The number of hydrogen-bond acceptors (Lipinski definition) is 5. The highest BCUT2D eigenvalue weighted by Gasteiger charge is 2.19. The first-order valence-corrected chi connectivity index (χ1v) is 8.61. The lowest BCUT2D eigenvalue weighted by Crippen LogP contribution is -2.29. The van der Waals surface area contributed by atoms with Crippen LogP contribution in [-0.2, 0) is 4.79 Å². The SMILES string of the molecule is O=C(O)CNC(=O)c1ncc2sc([SH]3C=CC=C3)cc2c1O. The molecular formula is C14H12N2O4S2. The second-order valence-corrected chi connectivity index (χ2v) is 7.76. The molecule has 1 amide bonds. The topological polar surface area (TPSA) is 99.5 Å². The van der Waals surface area contributed by atoms with E-state index in [1.165, 1.54) is 17.5 Å². The number of rotatable bonds is 4. The van der Waals surface area contributed by atoms with Gasteiger partial charge in [-0.1, -0.05) is 12.2 Å². The zero-order valence-electron chi connectivity index (χ0n) is 11.2. The monoisotopic (exact) mass is 336 g/mol. The Morgan fingerprint density at radius 2 is 2.05 bits per heavy atom. The molecule has 3 heterocycles. The molecule has 0 aliphatic carbocycles. The van der Waals surface area contributed by atoms with Crippen molar-refractivity contribution in [3.63, 3.8) is 0 Å². The molecule has 0 radical (unpaired) electrons. The third-order valence-electron chi connectivity index (χ3n) is 3.01. The average molecular weight is 336 g/mol. The molecule has 3 N–H and O–H groups in total. The minimum Gasteiger partial charge on any atom is -0.505 e. The van der Waals surface area contributed by atoms with Gasteiger partial charge in [-0.05, 0) is 16.9 Å². The van der Waals surface area contributed by atoms with Crippen LogP contribution in [0.5, 0.6) is 5.75 Å². The summed E-state index contributed by atoms with van der Waals surface area (Å²) in [5.41, 5.74) is -0.164. The Morgan fingerprint density at radius 3 is 2.73 bits per heavy atom. The molecule has 1 aliphatic heterocycles. The molecule has 0 bridgehead atoms. The highest BCUT2D eigenvalue weighted by Crippen LogP contribution is 2.48. The Labute approximate surface area is 132 Å². The molecule has 0 aromatic carbocycles. The summed E-state index contributed by atoms with van der Waals surface area (Å²) in [6, 6.07) is 1.86. The van der Waals surface area contributed by atoms with Crippen LogP contribution >= 0.6 is 22.2 Å². The van der Waals surface area contributed by atoms with Gasteiger partial charge in [0.2, 0.25) is 0 Å².